The lowest BCUT2D eigenvalue weighted by Gasteiger charge is -2.22. The first-order valence-electron chi connectivity index (χ1n) is 12.7. The first kappa shape index (κ1) is 28.2. The summed E-state index contributed by atoms with van der Waals surface area (Å²) in [6.07, 6.45) is 1.26. The van der Waals surface area contributed by atoms with Crippen molar-refractivity contribution in [2.45, 2.75) is 43.4 Å². The van der Waals surface area contributed by atoms with Crippen LogP contribution in [0.25, 0.3) is 0 Å². The van der Waals surface area contributed by atoms with Gasteiger partial charge in [0.2, 0.25) is 11.8 Å². The lowest BCUT2D eigenvalue weighted by atomic mass is 10.0. The van der Waals surface area contributed by atoms with Gasteiger partial charge in [0.25, 0.3) is 0 Å². The van der Waals surface area contributed by atoms with Gasteiger partial charge in [-0.25, -0.2) is 8.78 Å². The predicted octanol–water partition coefficient (Wildman–Crippen LogP) is 2.94. The highest BCUT2D eigenvalue weighted by molar-refractivity contribution is 5.98. The molecule has 1 aliphatic rings. The van der Waals surface area contributed by atoms with E-state index in [9.17, 15) is 18.4 Å². The van der Waals surface area contributed by atoms with E-state index in [4.69, 9.17) is 20.7 Å². The van der Waals surface area contributed by atoms with Gasteiger partial charge in [-0.05, 0) is 71.8 Å². The zero-order chi connectivity index (χ0) is 27.9. The molecule has 1 aliphatic carbocycles. The number of carbonyl (C=O) groups excluding carboxylic acids is 2. The molecule has 0 aliphatic heterocycles. The van der Waals surface area contributed by atoms with E-state index in [0.29, 0.717) is 22.8 Å². The Labute approximate surface area is 224 Å². The van der Waals surface area contributed by atoms with Gasteiger partial charge >= 0.3 is 0 Å². The first-order chi connectivity index (χ1) is 18.8. The summed E-state index contributed by atoms with van der Waals surface area (Å²) in [6.45, 7) is -0.738. The average Bonchev–Trinajstić information content (AvgIpc) is 3.79. The van der Waals surface area contributed by atoms with Crippen LogP contribution in [0, 0.1) is 11.6 Å². The second-order valence-electron chi connectivity index (χ2n) is 9.55. The van der Waals surface area contributed by atoms with Crippen molar-refractivity contribution in [1.82, 2.24) is 5.32 Å². The number of carbonyl (C=O) groups is 2. The molecular formula is C29H31F2N3O5. The van der Waals surface area contributed by atoms with Crippen LogP contribution in [0.5, 0.6) is 5.75 Å². The van der Waals surface area contributed by atoms with E-state index in [1.54, 1.807) is 18.2 Å². The molecule has 0 spiro atoms. The van der Waals surface area contributed by atoms with Crippen LogP contribution in [0.2, 0.25) is 0 Å². The van der Waals surface area contributed by atoms with Crippen molar-refractivity contribution in [3.8, 4) is 5.75 Å². The second-order valence-corrected chi connectivity index (χ2v) is 9.55. The van der Waals surface area contributed by atoms with Gasteiger partial charge in [-0.2, -0.15) is 0 Å². The molecular weight excluding hydrogens is 508 g/mol. The number of anilines is 1. The molecule has 206 valence electrons. The van der Waals surface area contributed by atoms with Crippen molar-refractivity contribution in [2.24, 2.45) is 5.73 Å². The summed E-state index contributed by atoms with van der Waals surface area (Å²) < 4.78 is 33.5. The molecule has 2 atom stereocenters. The number of hydrogen-bond acceptors (Lipinski definition) is 6. The monoisotopic (exact) mass is 539 g/mol. The van der Waals surface area contributed by atoms with E-state index in [-0.39, 0.29) is 25.3 Å². The first-order valence-corrected chi connectivity index (χ1v) is 12.7. The molecule has 3 aromatic carbocycles. The Morgan fingerprint density at radius 3 is 2.21 bits per heavy atom. The molecule has 8 nitrogen and oxygen atoms in total. The van der Waals surface area contributed by atoms with Gasteiger partial charge in [0.15, 0.2) is 0 Å². The summed E-state index contributed by atoms with van der Waals surface area (Å²) in [5, 5.41) is 23.5. The molecule has 0 heterocycles. The third-order valence-electron chi connectivity index (χ3n) is 6.52. The minimum Gasteiger partial charge on any atom is -0.486 e. The van der Waals surface area contributed by atoms with E-state index in [0.717, 1.165) is 18.4 Å². The van der Waals surface area contributed by atoms with Crippen LogP contribution in [-0.2, 0) is 16.0 Å². The number of nitrogens with two attached hydrogens (primary N) is 1. The Hall–Kier alpha value is -3.86. The fourth-order valence-electron chi connectivity index (χ4n) is 4.08. The third kappa shape index (κ3) is 7.60. The van der Waals surface area contributed by atoms with Crippen molar-refractivity contribution < 1.29 is 33.3 Å². The summed E-state index contributed by atoms with van der Waals surface area (Å²) in [6, 6.07) is 14.1. The van der Waals surface area contributed by atoms with Gasteiger partial charge in [0.05, 0.1) is 18.9 Å². The lowest BCUT2D eigenvalue weighted by Crippen LogP contribution is -2.48. The van der Waals surface area contributed by atoms with Gasteiger partial charge in [-0.15, -0.1) is 0 Å². The van der Waals surface area contributed by atoms with Gasteiger partial charge in [0, 0.05) is 6.42 Å². The minimum atomic E-state index is -1.15. The number of benzene rings is 3. The van der Waals surface area contributed by atoms with E-state index in [1.807, 2.05) is 0 Å². The standard InChI is InChI=1S/C29H31F2N3O5/c30-21-8-1-17(2-9-21)13-26(28(37)33-25-12-7-20(14-24(25)31)18-3-4-18)34-29(38)27(32)19-5-10-22(11-6-19)39-23(15-35)16-36/h1-2,5-12,14,18,23,26-27,35-36H,3-4,13,15-16,32H2,(H,33,37)(H,34,38)/t26-,27?/m0/s1. The van der Waals surface area contributed by atoms with E-state index in [2.05, 4.69) is 10.6 Å². The summed E-state index contributed by atoms with van der Waals surface area (Å²) in [4.78, 5) is 26.3. The third-order valence-corrected chi connectivity index (χ3v) is 6.52. The summed E-state index contributed by atoms with van der Waals surface area (Å²) in [5.41, 5.74) is 8.04. The SMILES string of the molecule is NC(C(=O)N[C@@H](Cc1ccc(F)cc1)C(=O)Nc1ccc(C2CC2)cc1F)c1ccc(OC(CO)CO)cc1. The maximum Gasteiger partial charge on any atom is 0.247 e. The number of ether oxygens (including phenoxy) is 1. The molecule has 39 heavy (non-hydrogen) atoms. The summed E-state index contributed by atoms with van der Waals surface area (Å²) in [7, 11) is 0. The van der Waals surface area contributed by atoms with Crippen molar-refractivity contribution in [1.29, 1.82) is 0 Å². The molecule has 6 N–H and O–H groups in total. The molecule has 1 fully saturated rings. The quantitative estimate of drug-likeness (QED) is 0.240. The number of aliphatic hydroxyl groups is 2. The van der Waals surface area contributed by atoms with Crippen LogP contribution in [0.3, 0.4) is 0 Å². The molecule has 0 aromatic heterocycles. The highest BCUT2D eigenvalue weighted by atomic mass is 19.1. The molecule has 1 unspecified atom stereocenters. The molecule has 4 rings (SSSR count). The Morgan fingerprint density at radius 1 is 0.949 bits per heavy atom. The number of amides is 2. The Kier molecular flexibility index (Phi) is 9.23. The normalized spacial score (nSPS) is 14.5. The zero-order valence-electron chi connectivity index (χ0n) is 21.1. The number of hydrogen-bond donors (Lipinski definition) is 5. The maximum absolute atomic E-state index is 14.7. The molecule has 1 saturated carbocycles. The van der Waals surface area contributed by atoms with E-state index < -0.39 is 41.6 Å². The van der Waals surface area contributed by atoms with Crippen molar-refractivity contribution in [3.63, 3.8) is 0 Å². The van der Waals surface area contributed by atoms with Crippen LogP contribution in [0.4, 0.5) is 14.5 Å². The van der Waals surface area contributed by atoms with Gasteiger partial charge in [-0.3, -0.25) is 9.59 Å². The van der Waals surface area contributed by atoms with Crippen LogP contribution in [-0.4, -0.2) is 47.4 Å². The molecule has 0 bridgehead atoms. The fourth-order valence-corrected chi connectivity index (χ4v) is 4.08. The van der Waals surface area contributed by atoms with Crippen LogP contribution in [0.1, 0.15) is 41.5 Å². The average molecular weight is 540 g/mol. The van der Waals surface area contributed by atoms with Crippen LogP contribution >= 0.6 is 0 Å². The molecule has 2 amide bonds. The lowest BCUT2D eigenvalue weighted by molar-refractivity contribution is -0.127. The van der Waals surface area contributed by atoms with Crippen LogP contribution in [0.15, 0.2) is 66.7 Å². The summed E-state index contributed by atoms with van der Waals surface area (Å²) >= 11 is 0. The Balaban J connectivity index is 1.47. The molecule has 3 aromatic rings. The van der Waals surface area contributed by atoms with Crippen LogP contribution < -0.4 is 21.1 Å². The topological polar surface area (TPSA) is 134 Å². The number of aliphatic hydroxyl groups excluding tert-OH is 2. The van der Waals surface area contributed by atoms with E-state index in [1.165, 1.54) is 48.5 Å². The largest absolute Gasteiger partial charge is 0.486 e. The fraction of sp³-hybridized carbons (Fsp3) is 0.310. The maximum atomic E-state index is 14.7. The summed E-state index contributed by atoms with van der Waals surface area (Å²) in [5.74, 6) is -1.60. The van der Waals surface area contributed by atoms with E-state index >= 15 is 0 Å². The van der Waals surface area contributed by atoms with Crippen molar-refractivity contribution in [2.75, 3.05) is 18.5 Å². The number of halogens is 2. The minimum absolute atomic E-state index is 0.00768. The van der Waals surface area contributed by atoms with Crippen molar-refractivity contribution >= 4 is 17.5 Å². The van der Waals surface area contributed by atoms with Gasteiger partial charge in [0.1, 0.15) is 35.6 Å². The smallest absolute Gasteiger partial charge is 0.247 e. The molecule has 0 saturated heterocycles. The van der Waals surface area contributed by atoms with Crippen molar-refractivity contribution in [3.05, 3.63) is 95.1 Å². The molecule has 10 heteroatoms. The highest BCUT2D eigenvalue weighted by Crippen LogP contribution is 2.40. The zero-order valence-corrected chi connectivity index (χ0v) is 21.1. The Bertz CT molecular complexity index is 1280. The number of nitrogens with one attached hydrogen (secondary N) is 2. The second kappa shape index (κ2) is 12.8. The highest BCUT2D eigenvalue weighted by Gasteiger charge is 2.27. The predicted molar refractivity (Wildman–Crippen MR) is 141 cm³/mol. The Morgan fingerprint density at radius 2 is 1.62 bits per heavy atom. The number of rotatable bonds is 12. The van der Waals surface area contributed by atoms with Gasteiger partial charge < -0.3 is 31.3 Å². The van der Waals surface area contributed by atoms with Gasteiger partial charge in [-0.1, -0.05) is 30.3 Å². The molecule has 0 radical (unpaired) electrons.